The molecule has 2 atom stereocenters. The molecule has 4 rings (SSSR count). The summed E-state index contributed by atoms with van der Waals surface area (Å²) in [7, 11) is 0. The number of hydrogen-bond donors (Lipinski definition) is 3. The Morgan fingerprint density at radius 2 is 1.59 bits per heavy atom. The molecule has 2 aromatic carbocycles. The van der Waals surface area contributed by atoms with E-state index in [9.17, 15) is 14.4 Å². The molecule has 0 bridgehead atoms. The number of fused-ring (bicyclic) bond motifs is 3. The Morgan fingerprint density at radius 1 is 0.941 bits per heavy atom. The van der Waals surface area contributed by atoms with Gasteiger partial charge >= 0.3 is 12.1 Å². The monoisotopic (exact) mass is 466 g/mol. The van der Waals surface area contributed by atoms with Gasteiger partial charge in [-0.2, -0.15) is 0 Å². The van der Waals surface area contributed by atoms with E-state index in [0.717, 1.165) is 24.0 Å². The Labute approximate surface area is 198 Å². The molecular formula is C26H30N2O6. The summed E-state index contributed by atoms with van der Waals surface area (Å²) in [6.45, 7) is 0.172. The minimum atomic E-state index is -1.05. The van der Waals surface area contributed by atoms with Gasteiger partial charge in [-0.05, 0) is 35.1 Å². The number of carboxylic acids is 1. The topological polar surface area (TPSA) is 114 Å². The highest BCUT2D eigenvalue weighted by Gasteiger charge is 2.33. The van der Waals surface area contributed by atoms with Crippen LogP contribution < -0.4 is 10.6 Å². The molecule has 2 aromatic rings. The van der Waals surface area contributed by atoms with Crippen LogP contribution in [0.3, 0.4) is 0 Å². The van der Waals surface area contributed by atoms with Gasteiger partial charge in [0.2, 0.25) is 5.91 Å². The van der Waals surface area contributed by atoms with E-state index in [0.29, 0.717) is 12.8 Å². The van der Waals surface area contributed by atoms with Crippen LogP contribution >= 0.6 is 0 Å². The molecule has 0 saturated heterocycles. The maximum absolute atomic E-state index is 12.7. The number of benzene rings is 2. The third-order valence-corrected chi connectivity index (χ3v) is 6.52. The summed E-state index contributed by atoms with van der Waals surface area (Å²) >= 11 is 0. The van der Waals surface area contributed by atoms with Gasteiger partial charge in [-0.3, -0.25) is 4.79 Å². The number of amides is 2. The summed E-state index contributed by atoms with van der Waals surface area (Å²) in [6, 6.07) is 16.0. The van der Waals surface area contributed by atoms with Crippen molar-refractivity contribution >= 4 is 18.0 Å². The standard InChI is InChI=1S/C26H30N2O6/c29-24(30)16-33-14-13-27-25(31)21-11-5-6-12-23(21)28-26(32)34-15-22-19-9-3-1-7-17(19)18-8-2-4-10-20(18)22/h1-4,7-10,21-23H,5-6,11-16H2,(H,27,31)(H,28,32)(H,29,30). The summed E-state index contributed by atoms with van der Waals surface area (Å²) in [6.07, 6.45) is 2.71. The Kier molecular flexibility index (Phi) is 7.80. The predicted molar refractivity (Wildman–Crippen MR) is 125 cm³/mol. The van der Waals surface area contributed by atoms with Crippen molar-refractivity contribution in [1.29, 1.82) is 0 Å². The van der Waals surface area contributed by atoms with E-state index in [4.69, 9.17) is 14.6 Å². The SMILES string of the molecule is O=C(O)COCCNC(=O)C1CCCCC1NC(=O)OCC1c2ccccc2-c2ccccc21. The minimum Gasteiger partial charge on any atom is -0.480 e. The maximum Gasteiger partial charge on any atom is 0.407 e. The number of ether oxygens (including phenoxy) is 2. The number of alkyl carbamates (subject to hydrolysis) is 1. The molecule has 1 fully saturated rings. The lowest BCUT2D eigenvalue weighted by Crippen LogP contribution is -2.49. The first-order valence-electron chi connectivity index (χ1n) is 11.7. The van der Waals surface area contributed by atoms with Gasteiger partial charge in [0, 0.05) is 18.5 Å². The molecule has 2 amide bonds. The zero-order valence-corrected chi connectivity index (χ0v) is 19.0. The molecule has 0 heterocycles. The molecule has 180 valence electrons. The number of carbonyl (C=O) groups excluding carboxylic acids is 2. The van der Waals surface area contributed by atoms with E-state index in [-0.39, 0.29) is 43.5 Å². The van der Waals surface area contributed by atoms with Crippen LogP contribution in [0.15, 0.2) is 48.5 Å². The molecule has 8 nitrogen and oxygen atoms in total. The van der Waals surface area contributed by atoms with Crippen molar-refractivity contribution in [2.75, 3.05) is 26.4 Å². The quantitative estimate of drug-likeness (QED) is 0.489. The lowest BCUT2D eigenvalue weighted by molar-refractivity contribution is -0.142. The van der Waals surface area contributed by atoms with Crippen LogP contribution in [0.4, 0.5) is 4.79 Å². The van der Waals surface area contributed by atoms with Gasteiger partial charge in [-0.25, -0.2) is 9.59 Å². The van der Waals surface area contributed by atoms with Crippen molar-refractivity contribution in [3.8, 4) is 11.1 Å². The second-order valence-corrected chi connectivity index (χ2v) is 8.70. The number of carboxylic acid groups (broad SMARTS) is 1. The van der Waals surface area contributed by atoms with Crippen LogP contribution in [0.2, 0.25) is 0 Å². The Balaban J connectivity index is 1.30. The van der Waals surface area contributed by atoms with Gasteiger partial charge in [0.05, 0.1) is 12.5 Å². The lowest BCUT2D eigenvalue weighted by Gasteiger charge is -2.31. The molecule has 0 aliphatic heterocycles. The van der Waals surface area contributed by atoms with Gasteiger partial charge in [0.25, 0.3) is 0 Å². The van der Waals surface area contributed by atoms with Crippen molar-refractivity contribution in [2.45, 2.75) is 37.6 Å². The van der Waals surface area contributed by atoms with E-state index in [1.165, 1.54) is 11.1 Å². The van der Waals surface area contributed by atoms with Gasteiger partial charge in [0.1, 0.15) is 13.2 Å². The molecule has 34 heavy (non-hydrogen) atoms. The highest BCUT2D eigenvalue weighted by Crippen LogP contribution is 2.44. The van der Waals surface area contributed by atoms with Crippen molar-refractivity contribution in [3.63, 3.8) is 0 Å². The third-order valence-electron chi connectivity index (χ3n) is 6.52. The molecule has 0 aromatic heterocycles. The van der Waals surface area contributed by atoms with Gasteiger partial charge < -0.3 is 25.2 Å². The number of hydrogen-bond acceptors (Lipinski definition) is 5. The molecule has 0 spiro atoms. The highest BCUT2D eigenvalue weighted by atomic mass is 16.5. The highest BCUT2D eigenvalue weighted by molar-refractivity contribution is 5.81. The zero-order chi connectivity index (χ0) is 23.9. The summed E-state index contributed by atoms with van der Waals surface area (Å²) in [5.74, 6) is -1.59. The van der Waals surface area contributed by atoms with Crippen LogP contribution in [0.25, 0.3) is 11.1 Å². The molecule has 3 N–H and O–H groups in total. The first-order valence-corrected chi connectivity index (χ1v) is 11.7. The van der Waals surface area contributed by atoms with Crippen molar-refractivity contribution in [2.24, 2.45) is 5.92 Å². The summed E-state index contributed by atoms with van der Waals surface area (Å²) in [5.41, 5.74) is 4.64. The van der Waals surface area contributed by atoms with Crippen LogP contribution in [0.1, 0.15) is 42.7 Å². The second-order valence-electron chi connectivity index (χ2n) is 8.70. The normalized spacial score (nSPS) is 19.1. The van der Waals surface area contributed by atoms with Crippen LogP contribution in [0, 0.1) is 5.92 Å². The fourth-order valence-electron chi connectivity index (χ4n) is 4.95. The molecular weight excluding hydrogens is 436 g/mol. The molecule has 1 saturated carbocycles. The van der Waals surface area contributed by atoms with Crippen LogP contribution in [-0.4, -0.2) is 55.5 Å². The molecule has 8 heteroatoms. The van der Waals surface area contributed by atoms with Gasteiger partial charge in [0.15, 0.2) is 0 Å². The molecule has 2 unspecified atom stereocenters. The Bertz CT molecular complexity index is 994. The number of aliphatic carboxylic acids is 1. The van der Waals surface area contributed by atoms with E-state index in [1.54, 1.807) is 0 Å². The van der Waals surface area contributed by atoms with E-state index >= 15 is 0 Å². The van der Waals surface area contributed by atoms with E-state index < -0.39 is 18.7 Å². The van der Waals surface area contributed by atoms with Crippen LogP contribution in [0.5, 0.6) is 0 Å². The van der Waals surface area contributed by atoms with Gasteiger partial charge in [-0.15, -0.1) is 0 Å². The largest absolute Gasteiger partial charge is 0.480 e. The zero-order valence-electron chi connectivity index (χ0n) is 19.0. The van der Waals surface area contributed by atoms with Crippen molar-refractivity contribution in [1.82, 2.24) is 10.6 Å². The summed E-state index contributed by atoms with van der Waals surface area (Å²) in [5, 5.41) is 14.3. The summed E-state index contributed by atoms with van der Waals surface area (Å²) < 4.78 is 10.6. The van der Waals surface area contributed by atoms with E-state index in [1.807, 2.05) is 24.3 Å². The van der Waals surface area contributed by atoms with Crippen molar-refractivity contribution in [3.05, 3.63) is 59.7 Å². The maximum atomic E-state index is 12.7. The number of carbonyl (C=O) groups is 3. The van der Waals surface area contributed by atoms with Crippen molar-refractivity contribution < 1.29 is 29.0 Å². The Morgan fingerprint density at radius 3 is 2.26 bits per heavy atom. The fraction of sp³-hybridized carbons (Fsp3) is 0.423. The van der Waals surface area contributed by atoms with E-state index in [2.05, 4.69) is 34.9 Å². The molecule has 2 aliphatic carbocycles. The fourth-order valence-corrected chi connectivity index (χ4v) is 4.95. The Hall–Kier alpha value is -3.39. The van der Waals surface area contributed by atoms with Gasteiger partial charge in [-0.1, -0.05) is 61.4 Å². The van der Waals surface area contributed by atoms with Crippen LogP contribution in [-0.2, 0) is 19.1 Å². The average Bonchev–Trinajstić information content (AvgIpc) is 3.16. The first-order chi connectivity index (χ1) is 16.5. The molecule has 0 radical (unpaired) electrons. The second kappa shape index (κ2) is 11.2. The summed E-state index contributed by atoms with van der Waals surface area (Å²) in [4.78, 5) is 35.8. The first kappa shape index (κ1) is 23.8. The number of rotatable bonds is 9. The number of nitrogens with one attached hydrogen (secondary N) is 2. The average molecular weight is 467 g/mol. The predicted octanol–water partition coefficient (Wildman–Crippen LogP) is 3.30. The molecule has 2 aliphatic rings. The lowest BCUT2D eigenvalue weighted by atomic mass is 9.84. The third kappa shape index (κ3) is 5.56. The minimum absolute atomic E-state index is 0.0191. The smallest absolute Gasteiger partial charge is 0.407 e.